The molecule has 0 spiro atoms. The Balaban J connectivity index is 1.94. The van der Waals surface area contributed by atoms with E-state index >= 15 is 0 Å². The molecular weight excluding hydrogens is 194 g/mol. The number of hydrogen-bond donors (Lipinski definition) is 1. The third-order valence-corrected chi connectivity index (χ3v) is 3.97. The molecule has 14 heavy (non-hydrogen) atoms. The fourth-order valence-electron chi connectivity index (χ4n) is 1.58. The minimum atomic E-state index is 0.635. The zero-order valence-electron chi connectivity index (χ0n) is 8.79. The standard InChI is InChI=1S/C10H17N3S/c1-7(8-3-4-8)10-13-12-9(14-10)5-6-11-2/h7-8,11H,3-6H2,1-2H3. The summed E-state index contributed by atoms with van der Waals surface area (Å²) in [6.45, 7) is 3.27. The average Bonchev–Trinajstić information content (AvgIpc) is 2.94. The Morgan fingerprint density at radius 3 is 2.93 bits per heavy atom. The maximum Gasteiger partial charge on any atom is 0.120 e. The van der Waals surface area contributed by atoms with Crippen LogP contribution in [0.3, 0.4) is 0 Å². The van der Waals surface area contributed by atoms with Crippen molar-refractivity contribution in [1.82, 2.24) is 15.5 Å². The highest BCUT2D eigenvalue weighted by atomic mass is 32.1. The Kier molecular flexibility index (Phi) is 3.13. The molecular formula is C10H17N3S. The van der Waals surface area contributed by atoms with Gasteiger partial charge in [-0.25, -0.2) is 0 Å². The Morgan fingerprint density at radius 1 is 1.50 bits per heavy atom. The van der Waals surface area contributed by atoms with E-state index in [1.54, 1.807) is 11.3 Å². The summed E-state index contributed by atoms with van der Waals surface area (Å²) in [6, 6.07) is 0. The first kappa shape index (κ1) is 10.1. The van der Waals surface area contributed by atoms with Gasteiger partial charge in [0.25, 0.3) is 0 Å². The van der Waals surface area contributed by atoms with Crippen LogP contribution in [0.2, 0.25) is 0 Å². The van der Waals surface area contributed by atoms with Crippen LogP contribution in [0, 0.1) is 5.92 Å². The Hall–Kier alpha value is -0.480. The molecule has 4 heteroatoms. The van der Waals surface area contributed by atoms with Crippen LogP contribution in [0.25, 0.3) is 0 Å². The van der Waals surface area contributed by atoms with Crippen molar-refractivity contribution in [2.24, 2.45) is 5.92 Å². The number of likely N-dealkylation sites (N-methyl/N-ethyl adjacent to an activating group) is 1. The van der Waals surface area contributed by atoms with E-state index in [-0.39, 0.29) is 0 Å². The summed E-state index contributed by atoms with van der Waals surface area (Å²) < 4.78 is 0. The summed E-state index contributed by atoms with van der Waals surface area (Å²) in [4.78, 5) is 0. The molecule has 1 N–H and O–H groups in total. The molecule has 1 saturated carbocycles. The minimum Gasteiger partial charge on any atom is -0.319 e. The molecule has 1 aliphatic carbocycles. The van der Waals surface area contributed by atoms with Gasteiger partial charge in [0.2, 0.25) is 0 Å². The number of nitrogens with one attached hydrogen (secondary N) is 1. The topological polar surface area (TPSA) is 37.8 Å². The predicted octanol–water partition coefficient (Wildman–Crippen LogP) is 1.81. The normalized spacial score (nSPS) is 18.4. The van der Waals surface area contributed by atoms with Crippen molar-refractivity contribution in [2.45, 2.75) is 32.1 Å². The maximum absolute atomic E-state index is 4.27. The molecule has 1 aromatic heterocycles. The second-order valence-electron chi connectivity index (χ2n) is 4.01. The highest BCUT2D eigenvalue weighted by Gasteiger charge is 2.31. The van der Waals surface area contributed by atoms with Gasteiger partial charge >= 0.3 is 0 Å². The lowest BCUT2D eigenvalue weighted by atomic mass is 10.1. The first-order chi connectivity index (χ1) is 6.81. The fraction of sp³-hybridized carbons (Fsp3) is 0.800. The summed E-state index contributed by atoms with van der Waals surface area (Å²) in [5.74, 6) is 1.52. The highest BCUT2D eigenvalue weighted by Crippen LogP contribution is 2.42. The van der Waals surface area contributed by atoms with Gasteiger partial charge in [0.15, 0.2) is 0 Å². The van der Waals surface area contributed by atoms with E-state index in [9.17, 15) is 0 Å². The summed E-state index contributed by atoms with van der Waals surface area (Å²) in [6.07, 6.45) is 3.77. The van der Waals surface area contributed by atoms with Gasteiger partial charge in [0.1, 0.15) is 10.0 Å². The smallest absolute Gasteiger partial charge is 0.120 e. The second kappa shape index (κ2) is 4.36. The maximum atomic E-state index is 4.27. The lowest BCUT2D eigenvalue weighted by molar-refractivity contribution is 0.650. The fourth-order valence-corrected chi connectivity index (χ4v) is 2.57. The quantitative estimate of drug-likeness (QED) is 0.807. The van der Waals surface area contributed by atoms with Gasteiger partial charge in [-0.05, 0) is 25.8 Å². The van der Waals surface area contributed by atoms with E-state index in [1.807, 2.05) is 7.05 Å². The largest absolute Gasteiger partial charge is 0.319 e. The Labute approximate surface area is 88.9 Å². The number of nitrogens with zero attached hydrogens (tertiary/aromatic N) is 2. The average molecular weight is 211 g/mol. The molecule has 1 heterocycles. The van der Waals surface area contributed by atoms with Crippen LogP contribution in [0.1, 0.15) is 35.7 Å². The van der Waals surface area contributed by atoms with Gasteiger partial charge in [-0.1, -0.05) is 6.92 Å². The van der Waals surface area contributed by atoms with Gasteiger partial charge in [-0.2, -0.15) is 0 Å². The van der Waals surface area contributed by atoms with Crippen LogP contribution < -0.4 is 5.32 Å². The molecule has 1 fully saturated rings. The van der Waals surface area contributed by atoms with Gasteiger partial charge < -0.3 is 5.32 Å². The molecule has 0 bridgehead atoms. The van der Waals surface area contributed by atoms with Gasteiger partial charge in [0, 0.05) is 18.9 Å². The minimum absolute atomic E-state index is 0.635. The third-order valence-electron chi connectivity index (χ3n) is 2.79. The molecule has 1 aliphatic rings. The van der Waals surface area contributed by atoms with Crippen molar-refractivity contribution < 1.29 is 0 Å². The van der Waals surface area contributed by atoms with E-state index in [2.05, 4.69) is 22.4 Å². The van der Waals surface area contributed by atoms with Crippen molar-refractivity contribution in [3.05, 3.63) is 10.0 Å². The lowest BCUT2D eigenvalue weighted by Gasteiger charge is -2.02. The molecule has 78 valence electrons. The first-order valence-electron chi connectivity index (χ1n) is 5.28. The van der Waals surface area contributed by atoms with Gasteiger partial charge in [-0.15, -0.1) is 21.5 Å². The lowest BCUT2D eigenvalue weighted by Crippen LogP contribution is -2.09. The second-order valence-corrected chi connectivity index (χ2v) is 5.11. The summed E-state index contributed by atoms with van der Waals surface area (Å²) in [5.41, 5.74) is 0. The molecule has 0 aromatic carbocycles. The van der Waals surface area contributed by atoms with Crippen LogP contribution in [0.4, 0.5) is 0 Å². The van der Waals surface area contributed by atoms with E-state index < -0.39 is 0 Å². The molecule has 0 saturated heterocycles. The molecule has 2 rings (SSSR count). The van der Waals surface area contributed by atoms with E-state index in [0.29, 0.717) is 5.92 Å². The van der Waals surface area contributed by atoms with Crippen LogP contribution in [0.15, 0.2) is 0 Å². The van der Waals surface area contributed by atoms with Crippen molar-refractivity contribution >= 4 is 11.3 Å². The zero-order chi connectivity index (χ0) is 9.97. The number of rotatable bonds is 5. The van der Waals surface area contributed by atoms with E-state index in [1.165, 1.54) is 22.9 Å². The van der Waals surface area contributed by atoms with Crippen molar-refractivity contribution in [3.63, 3.8) is 0 Å². The van der Waals surface area contributed by atoms with Crippen molar-refractivity contribution in [3.8, 4) is 0 Å². The van der Waals surface area contributed by atoms with Crippen molar-refractivity contribution in [1.29, 1.82) is 0 Å². The van der Waals surface area contributed by atoms with Crippen LogP contribution in [-0.2, 0) is 6.42 Å². The van der Waals surface area contributed by atoms with Crippen molar-refractivity contribution in [2.75, 3.05) is 13.6 Å². The molecule has 3 nitrogen and oxygen atoms in total. The highest BCUT2D eigenvalue weighted by molar-refractivity contribution is 7.11. The van der Waals surface area contributed by atoms with Crippen LogP contribution in [0.5, 0.6) is 0 Å². The Morgan fingerprint density at radius 2 is 2.29 bits per heavy atom. The molecule has 1 aromatic rings. The molecule has 1 atom stereocenters. The predicted molar refractivity (Wildman–Crippen MR) is 58.7 cm³/mol. The number of aromatic nitrogens is 2. The summed E-state index contributed by atoms with van der Waals surface area (Å²) in [5, 5.41) is 14.0. The first-order valence-corrected chi connectivity index (χ1v) is 6.09. The van der Waals surface area contributed by atoms with E-state index in [4.69, 9.17) is 0 Å². The van der Waals surface area contributed by atoms with E-state index in [0.717, 1.165) is 18.9 Å². The number of hydrogen-bond acceptors (Lipinski definition) is 4. The SMILES string of the molecule is CNCCc1nnc(C(C)C2CC2)s1. The Bertz CT molecular complexity index is 293. The molecule has 0 aliphatic heterocycles. The molecule has 1 unspecified atom stereocenters. The third kappa shape index (κ3) is 2.30. The zero-order valence-corrected chi connectivity index (χ0v) is 9.60. The van der Waals surface area contributed by atoms with Gasteiger partial charge in [0.05, 0.1) is 0 Å². The molecule has 0 amide bonds. The molecule has 0 radical (unpaired) electrons. The monoisotopic (exact) mass is 211 g/mol. The van der Waals surface area contributed by atoms with Crippen LogP contribution >= 0.6 is 11.3 Å². The van der Waals surface area contributed by atoms with Gasteiger partial charge in [-0.3, -0.25) is 0 Å². The van der Waals surface area contributed by atoms with Crippen LogP contribution in [-0.4, -0.2) is 23.8 Å². The summed E-state index contributed by atoms with van der Waals surface area (Å²) in [7, 11) is 1.97. The summed E-state index contributed by atoms with van der Waals surface area (Å²) >= 11 is 1.79.